The van der Waals surface area contributed by atoms with Crippen LogP contribution in [0.25, 0.3) is 16.9 Å². The normalized spacial score (nSPS) is 12.0. The van der Waals surface area contributed by atoms with E-state index in [0.29, 0.717) is 26.9 Å². The third-order valence-electron chi connectivity index (χ3n) is 4.10. The maximum atomic E-state index is 10.6. The van der Waals surface area contributed by atoms with Crippen molar-refractivity contribution < 1.29 is 5.11 Å². The first-order valence-corrected chi connectivity index (χ1v) is 8.83. The van der Waals surface area contributed by atoms with E-state index < -0.39 is 6.10 Å². The van der Waals surface area contributed by atoms with E-state index in [1.807, 2.05) is 24.3 Å². The van der Waals surface area contributed by atoms with Gasteiger partial charge in [-0.1, -0.05) is 42.5 Å². The molecule has 8 heteroatoms. The first-order chi connectivity index (χ1) is 13.1. The van der Waals surface area contributed by atoms with Gasteiger partial charge in [0.2, 0.25) is 5.95 Å². The highest BCUT2D eigenvalue weighted by molar-refractivity contribution is 9.10. The summed E-state index contributed by atoms with van der Waals surface area (Å²) in [4.78, 5) is 8.84. The molecule has 3 N–H and O–H groups in total. The highest BCUT2D eigenvalue weighted by Gasteiger charge is 2.21. The van der Waals surface area contributed by atoms with E-state index in [0.717, 1.165) is 5.56 Å². The quantitative estimate of drug-likeness (QED) is 0.526. The molecule has 0 bridgehead atoms. The average Bonchev–Trinajstić information content (AvgIpc) is 3.17. The van der Waals surface area contributed by atoms with Gasteiger partial charge in [-0.3, -0.25) is 0 Å². The fourth-order valence-corrected chi connectivity index (χ4v) is 3.35. The fraction of sp³-hybridized carbons (Fsp3) is 0.0526. The second-order valence-corrected chi connectivity index (χ2v) is 6.64. The minimum absolute atomic E-state index is 0.129. The molecule has 0 saturated carbocycles. The Kier molecular flexibility index (Phi) is 4.32. The number of benzene rings is 2. The van der Waals surface area contributed by atoms with Gasteiger partial charge < -0.3 is 10.8 Å². The number of aliphatic hydroxyl groups is 1. The molecular weight excluding hydrogens is 408 g/mol. The standard InChI is InChI=1S/C19H13BrN6O/c20-14-15(13-8-4-5-11(9-13)10-21)23-19(22)26-18(14)24-17(25-26)16(27)12-6-2-1-3-7-12/h1-9,16,27H,(H2,22,23). The molecule has 132 valence electrons. The van der Waals surface area contributed by atoms with Gasteiger partial charge in [-0.2, -0.15) is 9.78 Å². The second-order valence-electron chi connectivity index (χ2n) is 5.84. The molecule has 0 aliphatic heterocycles. The van der Waals surface area contributed by atoms with E-state index in [1.54, 1.807) is 30.3 Å². The third kappa shape index (κ3) is 3.03. The number of aliphatic hydroxyl groups excluding tert-OH is 1. The van der Waals surface area contributed by atoms with E-state index in [1.165, 1.54) is 4.52 Å². The van der Waals surface area contributed by atoms with E-state index >= 15 is 0 Å². The molecule has 2 heterocycles. The van der Waals surface area contributed by atoms with Crippen LogP contribution in [-0.4, -0.2) is 24.7 Å². The lowest BCUT2D eigenvalue weighted by atomic mass is 10.1. The number of nitrogens with zero attached hydrogens (tertiary/aromatic N) is 5. The molecule has 7 nitrogen and oxygen atoms in total. The maximum absolute atomic E-state index is 10.6. The number of nitrogens with two attached hydrogens (primary N) is 1. The van der Waals surface area contributed by atoms with Crippen molar-refractivity contribution in [3.63, 3.8) is 0 Å². The first-order valence-electron chi connectivity index (χ1n) is 8.03. The Labute approximate surface area is 162 Å². The zero-order valence-corrected chi connectivity index (χ0v) is 15.5. The van der Waals surface area contributed by atoms with Crippen LogP contribution >= 0.6 is 15.9 Å². The van der Waals surface area contributed by atoms with Crippen LogP contribution in [0.3, 0.4) is 0 Å². The summed E-state index contributed by atoms with van der Waals surface area (Å²) in [7, 11) is 0. The molecule has 0 spiro atoms. The summed E-state index contributed by atoms with van der Waals surface area (Å²) in [5.74, 6) is 0.350. The first kappa shape index (κ1) is 17.1. The van der Waals surface area contributed by atoms with Crippen molar-refractivity contribution in [2.75, 3.05) is 5.73 Å². The molecule has 0 aliphatic carbocycles. The predicted molar refractivity (Wildman–Crippen MR) is 104 cm³/mol. The van der Waals surface area contributed by atoms with Gasteiger partial charge in [0.25, 0.3) is 0 Å². The molecule has 0 saturated heterocycles. The minimum Gasteiger partial charge on any atom is -0.380 e. The van der Waals surface area contributed by atoms with Crippen LogP contribution in [-0.2, 0) is 0 Å². The van der Waals surface area contributed by atoms with Crippen LogP contribution in [0, 0.1) is 11.3 Å². The molecule has 4 rings (SSSR count). The lowest BCUT2D eigenvalue weighted by Gasteiger charge is -2.07. The van der Waals surface area contributed by atoms with E-state index in [-0.39, 0.29) is 11.8 Å². The van der Waals surface area contributed by atoms with E-state index in [9.17, 15) is 5.11 Å². The number of nitriles is 1. The van der Waals surface area contributed by atoms with Crippen molar-refractivity contribution in [3.05, 3.63) is 76.0 Å². The van der Waals surface area contributed by atoms with Gasteiger partial charge in [0.15, 0.2) is 11.5 Å². The van der Waals surface area contributed by atoms with Crippen LogP contribution < -0.4 is 5.73 Å². The van der Waals surface area contributed by atoms with Gasteiger partial charge in [0.05, 0.1) is 21.8 Å². The summed E-state index contributed by atoms with van der Waals surface area (Å²) in [6.45, 7) is 0. The molecule has 2 aromatic heterocycles. The van der Waals surface area contributed by atoms with E-state index in [2.05, 4.69) is 37.1 Å². The average molecular weight is 421 g/mol. The summed E-state index contributed by atoms with van der Waals surface area (Å²) in [6, 6.07) is 18.3. The van der Waals surface area contributed by atoms with Crippen molar-refractivity contribution in [2.24, 2.45) is 0 Å². The molecular formula is C19H13BrN6O. The van der Waals surface area contributed by atoms with Crippen molar-refractivity contribution in [1.82, 2.24) is 19.6 Å². The largest absolute Gasteiger partial charge is 0.380 e. The number of hydrogen-bond acceptors (Lipinski definition) is 6. The Morgan fingerprint density at radius 3 is 2.63 bits per heavy atom. The topological polar surface area (TPSA) is 113 Å². The Hall–Kier alpha value is -3.28. The predicted octanol–water partition coefficient (Wildman–Crippen LogP) is 3.09. The van der Waals surface area contributed by atoms with Gasteiger partial charge in [0, 0.05) is 5.56 Å². The SMILES string of the molecule is N#Cc1cccc(-c2nc(N)n3nc(C(O)c4ccccc4)nc3c2Br)c1. The molecule has 0 fully saturated rings. The summed E-state index contributed by atoms with van der Waals surface area (Å²) in [5.41, 5.74) is 8.97. The molecule has 0 aliphatic rings. The van der Waals surface area contributed by atoms with Crippen molar-refractivity contribution >= 4 is 27.5 Å². The fourth-order valence-electron chi connectivity index (χ4n) is 2.77. The van der Waals surface area contributed by atoms with Crippen molar-refractivity contribution in [1.29, 1.82) is 5.26 Å². The molecule has 0 amide bonds. The van der Waals surface area contributed by atoms with Crippen molar-refractivity contribution in [3.8, 4) is 17.3 Å². The molecule has 1 unspecified atom stereocenters. The third-order valence-corrected chi connectivity index (χ3v) is 4.83. The molecule has 1 atom stereocenters. The molecule has 4 aromatic rings. The molecule has 2 aromatic carbocycles. The number of aromatic nitrogens is 4. The Morgan fingerprint density at radius 2 is 1.89 bits per heavy atom. The second kappa shape index (κ2) is 6.79. The summed E-state index contributed by atoms with van der Waals surface area (Å²) < 4.78 is 1.95. The number of rotatable bonds is 3. The minimum atomic E-state index is -0.984. The zero-order valence-electron chi connectivity index (χ0n) is 13.9. The van der Waals surface area contributed by atoms with Gasteiger partial charge in [0.1, 0.15) is 6.10 Å². The number of halogens is 1. The number of hydrogen-bond donors (Lipinski definition) is 2. The van der Waals surface area contributed by atoms with Gasteiger partial charge in [-0.15, -0.1) is 5.10 Å². The monoisotopic (exact) mass is 420 g/mol. The van der Waals surface area contributed by atoms with Gasteiger partial charge in [-0.25, -0.2) is 9.97 Å². The zero-order chi connectivity index (χ0) is 19.0. The van der Waals surface area contributed by atoms with E-state index in [4.69, 9.17) is 11.0 Å². The molecule has 0 radical (unpaired) electrons. The van der Waals surface area contributed by atoms with Crippen LogP contribution in [0.4, 0.5) is 5.95 Å². The number of fused-ring (bicyclic) bond motifs is 1. The highest BCUT2D eigenvalue weighted by atomic mass is 79.9. The Balaban J connectivity index is 1.86. The van der Waals surface area contributed by atoms with Crippen LogP contribution in [0.2, 0.25) is 0 Å². The summed E-state index contributed by atoms with van der Waals surface area (Å²) in [6.07, 6.45) is -0.984. The maximum Gasteiger partial charge on any atom is 0.223 e. The number of nitrogen functional groups attached to an aromatic ring is 1. The lowest BCUT2D eigenvalue weighted by Crippen LogP contribution is -2.05. The molecule has 27 heavy (non-hydrogen) atoms. The van der Waals surface area contributed by atoms with Crippen LogP contribution in [0.5, 0.6) is 0 Å². The number of anilines is 1. The summed E-state index contributed by atoms with van der Waals surface area (Å²) >= 11 is 3.51. The Bertz CT molecular complexity index is 1180. The van der Waals surface area contributed by atoms with Gasteiger partial charge >= 0.3 is 0 Å². The van der Waals surface area contributed by atoms with Crippen LogP contribution in [0.15, 0.2) is 59.1 Å². The smallest absolute Gasteiger partial charge is 0.223 e. The lowest BCUT2D eigenvalue weighted by molar-refractivity contribution is 0.210. The van der Waals surface area contributed by atoms with Gasteiger partial charge in [-0.05, 0) is 33.6 Å². The van der Waals surface area contributed by atoms with Crippen molar-refractivity contribution in [2.45, 2.75) is 6.10 Å². The highest BCUT2D eigenvalue weighted by Crippen LogP contribution is 2.32. The van der Waals surface area contributed by atoms with Crippen LogP contribution in [0.1, 0.15) is 23.1 Å². The Morgan fingerprint density at radius 1 is 1.11 bits per heavy atom. The summed E-state index contributed by atoms with van der Waals surface area (Å²) in [5, 5.41) is 24.0.